The molecule has 1 aliphatic rings. The van der Waals surface area contributed by atoms with Gasteiger partial charge >= 0.3 is 0 Å². The summed E-state index contributed by atoms with van der Waals surface area (Å²) in [4.78, 5) is 20.5. The first-order chi connectivity index (χ1) is 11.2. The molecule has 1 saturated heterocycles. The molecule has 1 aliphatic heterocycles. The lowest BCUT2D eigenvalue weighted by molar-refractivity contribution is 0.0943. The molecule has 1 atom stereocenters. The third-order valence-electron chi connectivity index (χ3n) is 4.03. The van der Waals surface area contributed by atoms with Gasteiger partial charge < -0.3 is 10.6 Å². The van der Waals surface area contributed by atoms with Crippen LogP contribution >= 0.6 is 0 Å². The van der Waals surface area contributed by atoms with Crippen LogP contribution in [0.3, 0.4) is 0 Å². The van der Waals surface area contributed by atoms with Gasteiger partial charge in [0.2, 0.25) is 5.82 Å². The van der Waals surface area contributed by atoms with Gasteiger partial charge in [-0.25, -0.2) is 9.67 Å². The Bertz CT molecular complexity index is 645. The first kappa shape index (κ1) is 15.6. The summed E-state index contributed by atoms with van der Waals surface area (Å²) in [6, 6.07) is 4.28. The van der Waals surface area contributed by atoms with Crippen molar-refractivity contribution in [3.63, 3.8) is 0 Å². The molecule has 0 saturated carbocycles. The number of piperidine rings is 1. The fraction of sp³-hybridized carbons (Fsp3) is 0.500. The topological polar surface area (TPSA) is 84.7 Å². The fourth-order valence-corrected chi connectivity index (χ4v) is 2.66. The molecule has 0 bridgehead atoms. The summed E-state index contributed by atoms with van der Waals surface area (Å²) in [5.41, 5.74) is 2.09. The number of carbonyl (C=O) groups is 1. The first-order valence-electron chi connectivity index (χ1n) is 8.04. The van der Waals surface area contributed by atoms with Gasteiger partial charge in [0.15, 0.2) is 0 Å². The molecule has 2 aromatic heterocycles. The lowest BCUT2D eigenvalue weighted by Gasteiger charge is -2.22. The molecule has 122 valence electrons. The van der Waals surface area contributed by atoms with Crippen molar-refractivity contribution in [3.05, 3.63) is 41.7 Å². The van der Waals surface area contributed by atoms with Gasteiger partial charge in [-0.15, -0.1) is 5.10 Å². The third kappa shape index (κ3) is 4.13. The maximum atomic E-state index is 12.1. The van der Waals surface area contributed by atoms with Crippen LogP contribution in [0.2, 0.25) is 0 Å². The van der Waals surface area contributed by atoms with E-state index in [1.54, 1.807) is 11.0 Å². The summed E-state index contributed by atoms with van der Waals surface area (Å²) in [6.07, 6.45) is 6.42. The first-order valence-corrected chi connectivity index (χ1v) is 8.04. The summed E-state index contributed by atoms with van der Waals surface area (Å²) in [6.45, 7) is 4.43. The number of nitrogens with one attached hydrogen (secondary N) is 2. The van der Waals surface area contributed by atoms with Crippen molar-refractivity contribution in [2.24, 2.45) is 0 Å². The van der Waals surface area contributed by atoms with Crippen molar-refractivity contribution in [1.29, 1.82) is 0 Å². The zero-order valence-corrected chi connectivity index (χ0v) is 13.3. The SMILES string of the molecule is Cc1ccc(CCNC(=O)c2ncn([C@@H]3CCCNC3)n2)cn1. The van der Waals surface area contributed by atoms with E-state index in [-0.39, 0.29) is 17.8 Å². The highest BCUT2D eigenvalue weighted by Gasteiger charge is 2.18. The minimum absolute atomic E-state index is 0.229. The quantitative estimate of drug-likeness (QED) is 0.856. The summed E-state index contributed by atoms with van der Waals surface area (Å²) >= 11 is 0. The van der Waals surface area contributed by atoms with Crippen LogP contribution in [0.5, 0.6) is 0 Å². The maximum absolute atomic E-state index is 12.1. The Labute approximate surface area is 135 Å². The van der Waals surface area contributed by atoms with E-state index < -0.39 is 0 Å². The number of hydrogen-bond acceptors (Lipinski definition) is 5. The van der Waals surface area contributed by atoms with E-state index in [9.17, 15) is 4.79 Å². The Morgan fingerprint density at radius 3 is 3.09 bits per heavy atom. The number of aromatic nitrogens is 4. The normalized spacial score (nSPS) is 17.9. The van der Waals surface area contributed by atoms with Crippen LogP contribution in [0, 0.1) is 6.92 Å². The average Bonchev–Trinajstić information content (AvgIpc) is 3.07. The van der Waals surface area contributed by atoms with Crippen LogP contribution in [0.15, 0.2) is 24.7 Å². The summed E-state index contributed by atoms with van der Waals surface area (Å²) in [5.74, 6) is 0.00481. The number of nitrogens with zero attached hydrogens (tertiary/aromatic N) is 4. The second-order valence-corrected chi connectivity index (χ2v) is 5.86. The molecular weight excluding hydrogens is 292 g/mol. The highest BCUT2D eigenvalue weighted by atomic mass is 16.2. The molecule has 2 N–H and O–H groups in total. The maximum Gasteiger partial charge on any atom is 0.290 e. The molecule has 0 aliphatic carbocycles. The van der Waals surface area contributed by atoms with Gasteiger partial charge in [-0.05, 0) is 44.4 Å². The predicted octanol–water partition coefficient (Wildman–Crippen LogP) is 0.879. The monoisotopic (exact) mass is 314 g/mol. The van der Waals surface area contributed by atoms with Crippen molar-refractivity contribution in [2.45, 2.75) is 32.2 Å². The third-order valence-corrected chi connectivity index (χ3v) is 4.03. The van der Waals surface area contributed by atoms with E-state index in [0.717, 1.165) is 43.6 Å². The Balaban J connectivity index is 1.50. The molecule has 1 amide bonds. The van der Waals surface area contributed by atoms with Crippen LogP contribution in [-0.2, 0) is 6.42 Å². The van der Waals surface area contributed by atoms with Crippen molar-refractivity contribution < 1.29 is 4.79 Å². The van der Waals surface area contributed by atoms with Gasteiger partial charge in [0.1, 0.15) is 6.33 Å². The summed E-state index contributed by atoms with van der Waals surface area (Å²) in [7, 11) is 0. The van der Waals surface area contributed by atoms with E-state index in [1.807, 2.05) is 25.3 Å². The van der Waals surface area contributed by atoms with Gasteiger partial charge in [-0.1, -0.05) is 6.07 Å². The molecule has 23 heavy (non-hydrogen) atoms. The Kier molecular flexibility index (Phi) is 4.97. The number of rotatable bonds is 5. The Hall–Kier alpha value is -2.28. The molecular formula is C16H22N6O. The predicted molar refractivity (Wildman–Crippen MR) is 86.2 cm³/mol. The zero-order valence-electron chi connectivity index (χ0n) is 13.3. The molecule has 7 heteroatoms. The van der Waals surface area contributed by atoms with Crippen LogP contribution < -0.4 is 10.6 Å². The van der Waals surface area contributed by atoms with Crippen molar-refractivity contribution >= 4 is 5.91 Å². The molecule has 3 heterocycles. The highest BCUT2D eigenvalue weighted by molar-refractivity contribution is 5.90. The van der Waals surface area contributed by atoms with Crippen molar-refractivity contribution in [3.8, 4) is 0 Å². The molecule has 0 radical (unpaired) electrons. The van der Waals surface area contributed by atoms with Gasteiger partial charge in [0.05, 0.1) is 6.04 Å². The average molecular weight is 314 g/mol. The minimum atomic E-state index is -0.229. The zero-order chi connectivity index (χ0) is 16.1. The van der Waals surface area contributed by atoms with Gasteiger partial charge in [0.25, 0.3) is 5.91 Å². The number of carbonyl (C=O) groups excluding carboxylic acids is 1. The molecule has 1 fully saturated rings. The second kappa shape index (κ2) is 7.32. The van der Waals surface area contributed by atoms with Gasteiger partial charge in [0, 0.05) is 25.0 Å². The standard InChI is InChI=1S/C16H22N6O/c1-12-4-5-13(9-19-12)6-8-18-16(23)15-20-11-22(21-15)14-3-2-7-17-10-14/h4-5,9,11,14,17H,2-3,6-8,10H2,1H3,(H,18,23)/t14-/m1/s1. The van der Waals surface area contributed by atoms with Crippen molar-refractivity contribution in [2.75, 3.05) is 19.6 Å². The smallest absolute Gasteiger partial charge is 0.290 e. The minimum Gasteiger partial charge on any atom is -0.349 e. The number of amides is 1. The molecule has 2 aromatic rings. The Morgan fingerprint density at radius 1 is 1.43 bits per heavy atom. The van der Waals surface area contributed by atoms with Crippen LogP contribution in [0.1, 0.15) is 40.8 Å². The van der Waals surface area contributed by atoms with E-state index >= 15 is 0 Å². The van der Waals surface area contributed by atoms with E-state index in [2.05, 4.69) is 25.7 Å². The van der Waals surface area contributed by atoms with E-state index in [0.29, 0.717) is 6.54 Å². The van der Waals surface area contributed by atoms with E-state index in [4.69, 9.17) is 0 Å². The molecule has 7 nitrogen and oxygen atoms in total. The summed E-state index contributed by atoms with van der Waals surface area (Å²) < 4.78 is 1.80. The number of pyridine rings is 1. The molecule has 3 rings (SSSR count). The Morgan fingerprint density at radius 2 is 2.35 bits per heavy atom. The van der Waals surface area contributed by atoms with Gasteiger partial charge in [-0.2, -0.15) is 0 Å². The highest BCUT2D eigenvalue weighted by Crippen LogP contribution is 2.14. The van der Waals surface area contributed by atoms with Crippen LogP contribution in [0.4, 0.5) is 0 Å². The molecule has 0 unspecified atom stereocenters. The summed E-state index contributed by atoms with van der Waals surface area (Å²) in [5, 5.41) is 10.5. The molecule has 0 spiro atoms. The number of hydrogen-bond donors (Lipinski definition) is 2. The van der Waals surface area contributed by atoms with E-state index in [1.165, 1.54) is 0 Å². The second-order valence-electron chi connectivity index (χ2n) is 5.86. The van der Waals surface area contributed by atoms with Crippen LogP contribution in [-0.4, -0.2) is 45.3 Å². The largest absolute Gasteiger partial charge is 0.349 e. The van der Waals surface area contributed by atoms with Crippen molar-refractivity contribution in [1.82, 2.24) is 30.4 Å². The number of aryl methyl sites for hydroxylation is 1. The van der Waals surface area contributed by atoms with Crippen LogP contribution in [0.25, 0.3) is 0 Å². The fourth-order valence-electron chi connectivity index (χ4n) is 2.66. The van der Waals surface area contributed by atoms with Gasteiger partial charge in [-0.3, -0.25) is 9.78 Å². The molecule has 0 aromatic carbocycles. The lowest BCUT2D eigenvalue weighted by Crippen LogP contribution is -2.32. The lowest BCUT2D eigenvalue weighted by atomic mass is 10.1.